The summed E-state index contributed by atoms with van der Waals surface area (Å²) < 4.78 is 4.48. The van der Waals surface area contributed by atoms with Crippen LogP contribution in [-0.4, -0.2) is 36.7 Å². The summed E-state index contributed by atoms with van der Waals surface area (Å²) in [6.45, 7) is 2.93. The van der Waals surface area contributed by atoms with E-state index in [1.807, 2.05) is 0 Å². The van der Waals surface area contributed by atoms with Crippen LogP contribution in [-0.2, 0) is 14.3 Å². The van der Waals surface area contributed by atoms with Gasteiger partial charge in [0, 0.05) is 0 Å². The largest absolute Gasteiger partial charge is 0.467 e. The Bertz CT molecular complexity index is 191. The second-order valence-corrected chi connectivity index (χ2v) is 2.97. The second-order valence-electron chi connectivity index (χ2n) is 2.97. The SMILES string of the molecule is COC(=O)[C@@H](NC(=O)CO)C(C)C. The van der Waals surface area contributed by atoms with Gasteiger partial charge in [-0.25, -0.2) is 4.79 Å². The normalized spacial score (nSPS) is 12.4. The zero-order valence-electron chi connectivity index (χ0n) is 8.03. The third-order valence-corrected chi connectivity index (χ3v) is 1.58. The molecule has 5 nitrogen and oxygen atoms in total. The number of nitrogens with one attached hydrogen (secondary N) is 1. The first-order valence-electron chi connectivity index (χ1n) is 4.01. The molecule has 0 fully saturated rings. The van der Waals surface area contributed by atoms with Gasteiger partial charge in [-0.3, -0.25) is 4.79 Å². The number of hydrogen-bond donors (Lipinski definition) is 2. The van der Waals surface area contributed by atoms with Crippen LogP contribution in [0.25, 0.3) is 0 Å². The molecule has 0 heterocycles. The highest BCUT2D eigenvalue weighted by molar-refractivity contribution is 5.85. The molecular formula is C8H15NO4. The van der Waals surface area contributed by atoms with E-state index in [0.717, 1.165) is 0 Å². The third-order valence-electron chi connectivity index (χ3n) is 1.58. The fourth-order valence-electron chi connectivity index (χ4n) is 0.844. The van der Waals surface area contributed by atoms with Gasteiger partial charge in [0.2, 0.25) is 5.91 Å². The Morgan fingerprint density at radius 2 is 2.00 bits per heavy atom. The molecule has 1 amide bonds. The lowest BCUT2D eigenvalue weighted by molar-refractivity contribution is -0.146. The van der Waals surface area contributed by atoms with Crippen molar-refractivity contribution in [2.24, 2.45) is 5.92 Å². The van der Waals surface area contributed by atoms with Crippen molar-refractivity contribution in [2.75, 3.05) is 13.7 Å². The predicted molar refractivity (Wildman–Crippen MR) is 45.9 cm³/mol. The molecule has 0 radical (unpaired) electrons. The smallest absolute Gasteiger partial charge is 0.328 e. The monoisotopic (exact) mass is 189 g/mol. The molecule has 0 aliphatic carbocycles. The lowest BCUT2D eigenvalue weighted by Crippen LogP contribution is -2.46. The van der Waals surface area contributed by atoms with Gasteiger partial charge in [0.25, 0.3) is 0 Å². The van der Waals surface area contributed by atoms with Gasteiger partial charge in [-0.2, -0.15) is 0 Å². The number of methoxy groups -OCH3 is 1. The van der Waals surface area contributed by atoms with Crippen LogP contribution in [0.1, 0.15) is 13.8 Å². The zero-order chi connectivity index (χ0) is 10.4. The lowest BCUT2D eigenvalue weighted by atomic mass is 10.0. The van der Waals surface area contributed by atoms with Crippen LogP contribution in [0.2, 0.25) is 0 Å². The second kappa shape index (κ2) is 5.53. The summed E-state index contributed by atoms with van der Waals surface area (Å²) in [5.74, 6) is -1.15. The summed E-state index contributed by atoms with van der Waals surface area (Å²) in [5.41, 5.74) is 0. The third kappa shape index (κ3) is 3.89. The van der Waals surface area contributed by atoms with E-state index in [4.69, 9.17) is 5.11 Å². The van der Waals surface area contributed by atoms with Gasteiger partial charge in [0.05, 0.1) is 7.11 Å². The van der Waals surface area contributed by atoms with Crippen molar-refractivity contribution >= 4 is 11.9 Å². The minimum atomic E-state index is -0.690. The number of aliphatic hydroxyl groups excluding tert-OH is 1. The van der Waals surface area contributed by atoms with Crippen LogP contribution in [0.4, 0.5) is 0 Å². The molecular weight excluding hydrogens is 174 g/mol. The molecule has 76 valence electrons. The highest BCUT2D eigenvalue weighted by Gasteiger charge is 2.24. The standard InChI is InChI=1S/C8H15NO4/c1-5(2)7(8(12)13-3)9-6(11)4-10/h5,7,10H,4H2,1-3H3,(H,9,11)/t7-/m0/s1. The molecule has 5 heteroatoms. The van der Waals surface area contributed by atoms with Crippen molar-refractivity contribution in [3.05, 3.63) is 0 Å². The highest BCUT2D eigenvalue weighted by Crippen LogP contribution is 2.02. The molecule has 0 rings (SSSR count). The van der Waals surface area contributed by atoms with Gasteiger partial charge in [-0.05, 0) is 5.92 Å². The van der Waals surface area contributed by atoms with Crippen LogP contribution < -0.4 is 5.32 Å². The van der Waals surface area contributed by atoms with Crippen LogP contribution in [0.15, 0.2) is 0 Å². The fraction of sp³-hybridized carbons (Fsp3) is 0.750. The quantitative estimate of drug-likeness (QED) is 0.573. The number of hydrogen-bond acceptors (Lipinski definition) is 4. The van der Waals surface area contributed by atoms with Crippen LogP contribution >= 0.6 is 0 Å². The maximum atomic E-state index is 11.1. The summed E-state index contributed by atoms with van der Waals surface area (Å²) in [5, 5.41) is 10.8. The number of rotatable bonds is 4. The van der Waals surface area contributed by atoms with Gasteiger partial charge in [0.1, 0.15) is 12.6 Å². The van der Waals surface area contributed by atoms with Crippen molar-refractivity contribution < 1.29 is 19.4 Å². The van der Waals surface area contributed by atoms with Gasteiger partial charge >= 0.3 is 5.97 Å². The molecule has 0 aromatic heterocycles. The van der Waals surface area contributed by atoms with E-state index >= 15 is 0 Å². The van der Waals surface area contributed by atoms with E-state index in [2.05, 4.69) is 10.1 Å². The van der Waals surface area contributed by atoms with E-state index in [9.17, 15) is 9.59 Å². The number of aliphatic hydroxyl groups is 1. The average molecular weight is 189 g/mol. The van der Waals surface area contributed by atoms with Crippen molar-refractivity contribution in [1.29, 1.82) is 0 Å². The minimum Gasteiger partial charge on any atom is -0.467 e. The van der Waals surface area contributed by atoms with Crippen molar-refractivity contribution in [3.8, 4) is 0 Å². The number of esters is 1. The number of carbonyl (C=O) groups is 2. The fourth-order valence-corrected chi connectivity index (χ4v) is 0.844. The summed E-state index contributed by atoms with van der Waals surface area (Å²) in [7, 11) is 1.25. The Labute approximate surface area is 77.1 Å². The molecule has 0 aliphatic heterocycles. The first-order chi connectivity index (χ1) is 6.02. The van der Waals surface area contributed by atoms with E-state index in [0.29, 0.717) is 0 Å². The van der Waals surface area contributed by atoms with E-state index in [-0.39, 0.29) is 5.92 Å². The molecule has 0 unspecified atom stereocenters. The molecule has 13 heavy (non-hydrogen) atoms. The Morgan fingerprint density at radius 1 is 1.46 bits per heavy atom. The molecule has 0 aliphatic rings. The van der Waals surface area contributed by atoms with E-state index < -0.39 is 24.5 Å². The van der Waals surface area contributed by atoms with Crippen molar-refractivity contribution in [2.45, 2.75) is 19.9 Å². The van der Waals surface area contributed by atoms with Crippen LogP contribution in [0.5, 0.6) is 0 Å². The summed E-state index contributed by atoms with van der Waals surface area (Å²) in [6.07, 6.45) is 0. The molecule has 0 aromatic carbocycles. The van der Waals surface area contributed by atoms with Gasteiger partial charge in [-0.15, -0.1) is 0 Å². The summed E-state index contributed by atoms with van der Waals surface area (Å²) in [6, 6.07) is -0.690. The zero-order valence-corrected chi connectivity index (χ0v) is 8.03. The number of amides is 1. The van der Waals surface area contributed by atoms with Crippen LogP contribution in [0.3, 0.4) is 0 Å². The topological polar surface area (TPSA) is 75.6 Å². The van der Waals surface area contributed by atoms with Crippen molar-refractivity contribution in [1.82, 2.24) is 5.32 Å². The summed E-state index contributed by atoms with van der Waals surface area (Å²) in [4.78, 5) is 21.9. The van der Waals surface area contributed by atoms with Gasteiger partial charge in [-0.1, -0.05) is 13.8 Å². The molecule has 0 aromatic rings. The Morgan fingerprint density at radius 3 is 2.31 bits per heavy atom. The average Bonchev–Trinajstić information content (AvgIpc) is 2.11. The Kier molecular flexibility index (Phi) is 5.06. The molecule has 2 N–H and O–H groups in total. The Hall–Kier alpha value is -1.10. The van der Waals surface area contributed by atoms with Gasteiger partial charge in [0.15, 0.2) is 0 Å². The lowest BCUT2D eigenvalue weighted by Gasteiger charge is -2.18. The summed E-state index contributed by atoms with van der Waals surface area (Å²) >= 11 is 0. The molecule has 0 saturated carbocycles. The maximum absolute atomic E-state index is 11.1. The minimum absolute atomic E-state index is 0.0667. The molecule has 1 atom stereocenters. The predicted octanol–water partition coefficient (Wildman–Crippen LogP) is -0.707. The first kappa shape index (κ1) is 11.9. The highest BCUT2D eigenvalue weighted by atomic mass is 16.5. The molecule has 0 bridgehead atoms. The van der Waals surface area contributed by atoms with E-state index in [1.165, 1.54) is 7.11 Å². The van der Waals surface area contributed by atoms with E-state index in [1.54, 1.807) is 13.8 Å². The van der Waals surface area contributed by atoms with Crippen molar-refractivity contribution in [3.63, 3.8) is 0 Å². The van der Waals surface area contributed by atoms with Crippen LogP contribution in [0, 0.1) is 5.92 Å². The van der Waals surface area contributed by atoms with Gasteiger partial charge < -0.3 is 15.2 Å². The number of ether oxygens (including phenoxy) is 1. The number of carbonyl (C=O) groups excluding carboxylic acids is 2. The first-order valence-corrected chi connectivity index (χ1v) is 4.01. The molecule has 0 spiro atoms. The molecule has 0 saturated heterocycles. The maximum Gasteiger partial charge on any atom is 0.328 e. The Balaban J connectivity index is 4.26.